The SMILES string of the molecule is CCc1ccccc1NC(=O)CNC(=O)c1cc(-c2cccnc2)nc2ccccc12. The number of carbonyl (C=O) groups excluding carboxylic acids is 2. The van der Waals surface area contributed by atoms with Crippen molar-refractivity contribution in [2.45, 2.75) is 13.3 Å². The fourth-order valence-corrected chi connectivity index (χ4v) is 3.43. The molecular formula is C25H22N4O2. The van der Waals surface area contributed by atoms with Crippen LogP contribution in [0.25, 0.3) is 22.2 Å². The normalized spacial score (nSPS) is 10.6. The van der Waals surface area contributed by atoms with Crippen molar-refractivity contribution in [3.8, 4) is 11.3 Å². The van der Waals surface area contributed by atoms with E-state index >= 15 is 0 Å². The van der Waals surface area contributed by atoms with Gasteiger partial charge in [0.1, 0.15) is 0 Å². The van der Waals surface area contributed by atoms with E-state index in [-0.39, 0.29) is 18.4 Å². The summed E-state index contributed by atoms with van der Waals surface area (Å²) in [6.45, 7) is 1.90. The van der Waals surface area contributed by atoms with Crippen LogP contribution < -0.4 is 10.6 Å². The average Bonchev–Trinajstić information content (AvgIpc) is 2.82. The minimum atomic E-state index is -0.331. The Morgan fingerprint density at radius 3 is 2.58 bits per heavy atom. The third-order valence-electron chi connectivity index (χ3n) is 5.00. The third-order valence-corrected chi connectivity index (χ3v) is 5.00. The number of hydrogen-bond acceptors (Lipinski definition) is 4. The molecule has 6 nitrogen and oxygen atoms in total. The second-order valence-corrected chi connectivity index (χ2v) is 7.06. The molecule has 2 aromatic carbocycles. The first-order chi connectivity index (χ1) is 15.2. The molecule has 0 saturated heterocycles. The highest BCUT2D eigenvalue weighted by Gasteiger charge is 2.15. The van der Waals surface area contributed by atoms with E-state index < -0.39 is 0 Å². The molecule has 4 rings (SSSR count). The molecule has 0 bridgehead atoms. The highest BCUT2D eigenvalue weighted by atomic mass is 16.2. The molecule has 2 amide bonds. The molecule has 2 heterocycles. The lowest BCUT2D eigenvalue weighted by Crippen LogP contribution is -2.33. The van der Waals surface area contributed by atoms with Gasteiger partial charge in [-0.15, -0.1) is 0 Å². The fourth-order valence-electron chi connectivity index (χ4n) is 3.43. The number of carbonyl (C=O) groups is 2. The molecule has 0 radical (unpaired) electrons. The van der Waals surface area contributed by atoms with E-state index in [0.717, 1.165) is 28.6 Å². The van der Waals surface area contributed by atoms with Crippen molar-refractivity contribution >= 4 is 28.4 Å². The Labute approximate surface area is 180 Å². The maximum atomic E-state index is 13.0. The minimum absolute atomic E-state index is 0.129. The van der Waals surface area contributed by atoms with Crippen LogP contribution in [0, 0.1) is 0 Å². The first kappa shape index (κ1) is 20.2. The van der Waals surface area contributed by atoms with Gasteiger partial charge in [0.2, 0.25) is 5.91 Å². The number of nitrogens with one attached hydrogen (secondary N) is 2. The summed E-state index contributed by atoms with van der Waals surface area (Å²) in [6.07, 6.45) is 4.20. The second kappa shape index (κ2) is 9.17. The number of fused-ring (bicyclic) bond motifs is 1. The lowest BCUT2D eigenvalue weighted by Gasteiger charge is -2.12. The predicted octanol–water partition coefficient (Wildman–Crippen LogP) is 4.23. The van der Waals surface area contributed by atoms with Gasteiger partial charge in [-0.3, -0.25) is 14.6 Å². The van der Waals surface area contributed by atoms with Gasteiger partial charge >= 0.3 is 0 Å². The van der Waals surface area contributed by atoms with Crippen LogP contribution in [-0.2, 0) is 11.2 Å². The maximum Gasteiger partial charge on any atom is 0.252 e. The predicted molar refractivity (Wildman–Crippen MR) is 122 cm³/mol. The lowest BCUT2D eigenvalue weighted by molar-refractivity contribution is -0.115. The molecule has 31 heavy (non-hydrogen) atoms. The van der Waals surface area contributed by atoms with Gasteiger partial charge in [0.05, 0.1) is 23.3 Å². The Hall–Kier alpha value is -4.06. The quantitative estimate of drug-likeness (QED) is 0.498. The number of benzene rings is 2. The van der Waals surface area contributed by atoms with Gasteiger partial charge in [0, 0.05) is 29.0 Å². The Morgan fingerprint density at radius 1 is 0.968 bits per heavy atom. The van der Waals surface area contributed by atoms with E-state index in [1.54, 1.807) is 18.5 Å². The molecule has 0 saturated carbocycles. The van der Waals surface area contributed by atoms with Gasteiger partial charge in [-0.05, 0) is 42.3 Å². The molecule has 2 aromatic heterocycles. The van der Waals surface area contributed by atoms with Gasteiger partial charge in [0.25, 0.3) is 5.91 Å². The zero-order chi connectivity index (χ0) is 21.6. The van der Waals surface area contributed by atoms with E-state index in [2.05, 4.69) is 20.6 Å². The topological polar surface area (TPSA) is 84.0 Å². The van der Waals surface area contributed by atoms with Crippen LogP contribution in [0.15, 0.2) is 79.1 Å². The number of rotatable bonds is 6. The molecule has 0 aliphatic carbocycles. The molecule has 0 unspecified atom stereocenters. The number of anilines is 1. The number of nitrogens with zero attached hydrogens (tertiary/aromatic N) is 2. The van der Waals surface area contributed by atoms with Crippen molar-refractivity contribution in [1.82, 2.24) is 15.3 Å². The second-order valence-electron chi connectivity index (χ2n) is 7.06. The van der Waals surface area contributed by atoms with Crippen molar-refractivity contribution < 1.29 is 9.59 Å². The van der Waals surface area contributed by atoms with E-state index in [9.17, 15) is 9.59 Å². The minimum Gasteiger partial charge on any atom is -0.343 e. The number of para-hydroxylation sites is 2. The van der Waals surface area contributed by atoms with Crippen LogP contribution in [0.4, 0.5) is 5.69 Å². The molecule has 0 aliphatic heterocycles. The van der Waals surface area contributed by atoms with Gasteiger partial charge in [0.15, 0.2) is 0 Å². The average molecular weight is 410 g/mol. The molecule has 0 spiro atoms. The highest BCUT2D eigenvalue weighted by Crippen LogP contribution is 2.24. The first-order valence-corrected chi connectivity index (χ1v) is 10.1. The van der Waals surface area contributed by atoms with Gasteiger partial charge in [-0.1, -0.05) is 43.3 Å². The van der Waals surface area contributed by atoms with Crippen LogP contribution in [0.1, 0.15) is 22.8 Å². The molecule has 0 aliphatic rings. The molecule has 6 heteroatoms. The molecular weight excluding hydrogens is 388 g/mol. The van der Waals surface area contributed by atoms with Gasteiger partial charge in [-0.2, -0.15) is 0 Å². The Kier molecular flexibility index (Phi) is 5.98. The lowest BCUT2D eigenvalue weighted by atomic mass is 10.0. The zero-order valence-corrected chi connectivity index (χ0v) is 17.1. The Balaban J connectivity index is 1.55. The molecule has 154 valence electrons. The third kappa shape index (κ3) is 4.59. The van der Waals surface area contributed by atoms with Crippen LogP contribution >= 0.6 is 0 Å². The number of amides is 2. The number of aryl methyl sites for hydroxylation is 1. The number of aromatic nitrogens is 2. The number of hydrogen-bond donors (Lipinski definition) is 2. The molecule has 2 N–H and O–H groups in total. The Bertz CT molecular complexity index is 1240. The van der Waals surface area contributed by atoms with Crippen LogP contribution in [0.3, 0.4) is 0 Å². The van der Waals surface area contributed by atoms with E-state index in [1.165, 1.54) is 0 Å². The summed E-state index contributed by atoms with van der Waals surface area (Å²) >= 11 is 0. The standard InChI is InChI=1S/C25H22N4O2/c1-2-17-8-3-5-11-21(17)29-24(30)16-27-25(31)20-14-23(18-9-7-13-26-15-18)28-22-12-6-4-10-19(20)22/h3-15H,2,16H2,1H3,(H,27,31)(H,29,30). The summed E-state index contributed by atoms with van der Waals surface area (Å²) in [7, 11) is 0. The van der Waals surface area contributed by atoms with Gasteiger partial charge in [-0.25, -0.2) is 4.98 Å². The van der Waals surface area contributed by atoms with Crippen molar-refractivity contribution in [2.75, 3.05) is 11.9 Å². The first-order valence-electron chi connectivity index (χ1n) is 10.1. The summed E-state index contributed by atoms with van der Waals surface area (Å²) in [5.41, 5.74) is 4.44. The summed E-state index contributed by atoms with van der Waals surface area (Å²) in [5, 5.41) is 6.33. The summed E-state index contributed by atoms with van der Waals surface area (Å²) in [5.74, 6) is -0.609. The van der Waals surface area contributed by atoms with Crippen molar-refractivity contribution in [2.24, 2.45) is 0 Å². The monoisotopic (exact) mass is 410 g/mol. The summed E-state index contributed by atoms with van der Waals surface area (Å²) in [4.78, 5) is 34.2. The van der Waals surface area contributed by atoms with E-state index in [0.29, 0.717) is 16.8 Å². The number of pyridine rings is 2. The summed E-state index contributed by atoms with van der Waals surface area (Å²) < 4.78 is 0. The largest absolute Gasteiger partial charge is 0.343 e. The van der Waals surface area contributed by atoms with Crippen LogP contribution in [-0.4, -0.2) is 28.3 Å². The molecule has 0 fully saturated rings. The highest BCUT2D eigenvalue weighted by molar-refractivity contribution is 6.08. The maximum absolute atomic E-state index is 13.0. The Morgan fingerprint density at radius 2 is 1.77 bits per heavy atom. The van der Waals surface area contributed by atoms with Crippen molar-refractivity contribution in [3.05, 3.63) is 90.3 Å². The summed E-state index contributed by atoms with van der Waals surface area (Å²) in [6, 6.07) is 20.5. The van der Waals surface area contributed by atoms with Crippen LogP contribution in [0.5, 0.6) is 0 Å². The fraction of sp³-hybridized carbons (Fsp3) is 0.120. The van der Waals surface area contributed by atoms with E-state index in [1.807, 2.05) is 67.6 Å². The van der Waals surface area contributed by atoms with Gasteiger partial charge < -0.3 is 10.6 Å². The van der Waals surface area contributed by atoms with E-state index in [4.69, 9.17) is 0 Å². The van der Waals surface area contributed by atoms with Crippen molar-refractivity contribution in [1.29, 1.82) is 0 Å². The molecule has 4 aromatic rings. The zero-order valence-electron chi connectivity index (χ0n) is 17.1. The molecule has 0 atom stereocenters. The van der Waals surface area contributed by atoms with Crippen LogP contribution in [0.2, 0.25) is 0 Å². The van der Waals surface area contributed by atoms with Crippen molar-refractivity contribution in [3.63, 3.8) is 0 Å². The smallest absolute Gasteiger partial charge is 0.252 e.